The van der Waals surface area contributed by atoms with Gasteiger partial charge in [0.15, 0.2) is 5.96 Å². The molecule has 6 nitrogen and oxygen atoms in total. The molecule has 0 aliphatic carbocycles. The summed E-state index contributed by atoms with van der Waals surface area (Å²) in [6.45, 7) is 6.57. The Balaban J connectivity index is 0.00000338. The first-order chi connectivity index (χ1) is 12.1. The molecule has 1 heterocycles. The lowest BCUT2D eigenvalue weighted by Gasteiger charge is -2.31. The zero-order chi connectivity index (χ0) is 18.1. The number of benzene rings is 1. The number of nitrogens with zero attached hydrogens (tertiary/aromatic N) is 2. The molecular weight excluding hydrogens is 441 g/mol. The molecule has 0 bridgehead atoms. The Morgan fingerprint density at radius 2 is 2.12 bits per heavy atom. The van der Waals surface area contributed by atoms with Crippen molar-refractivity contribution < 1.29 is 4.79 Å². The van der Waals surface area contributed by atoms with Crippen LogP contribution in [0.3, 0.4) is 0 Å². The lowest BCUT2D eigenvalue weighted by atomic mass is 9.97. The Labute approximate surface area is 174 Å². The maximum atomic E-state index is 11.3. The molecule has 7 heteroatoms. The van der Waals surface area contributed by atoms with E-state index < -0.39 is 0 Å². The lowest BCUT2D eigenvalue weighted by molar-refractivity contribution is -0.123. The quantitative estimate of drug-likeness (QED) is 0.245. The number of piperidine rings is 1. The van der Waals surface area contributed by atoms with Crippen molar-refractivity contribution in [2.24, 2.45) is 16.6 Å². The number of hydrogen-bond acceptors (Lipinski definition) is 3. The molecule has 2 rings (SSSR count). The second-order valence-electron chi connectivity index (χ2n) is 6.67. The summed E-state index contributed by atoms with van der Waals surface area (Å²) in [5.74, 6) is 0.672. The van der Waals surface area contributed by atoms with Crippen molar-refractivity contribution in [1.82, 2.24) is 15.5 Å². The van der Waals surface area contributed by atoms with Gasteiger partial charge in [0, 0.05) is 26.7 Å². The number of guanidine groups is 1. The minimum Gasteiger partial charge on any atom is -0.369 e. The zero-order valence-corrected chi connectivity index (χ0v) is 18.2. The van der Waals surface area contributed by atoms with Crippen molar-refractivity contribution in [1.29, 1.82) is 0 Å². The number of primary amides is 1. The van der Waals surface area contributed by atoms with Crippen molar-refractivity contribution >= 4 is 35.8 Å². The number of hydrogen-bond donors (Lipinski definition) is 3. The van der Waals surface area contributed by atoms with Crippen LogP contribution in [-0.4, -0.2) is 50.0 Å². The molecule has 146 valence electrons. The molecule has 0 radical (unpaired) electrons. The van der Waals surface area contributed by atoms with Gasteiger partial charge in [0.25, 0.3) is 0 Å². The Hall–Kier alpha value is -1.35. The fourth-order valence-electron chi connectivity index (χ4n) is 3.21. The monoisotopic (exact) mass is 473 g/mol. The van der Waals surface area contributed by atoms with E-state index in [2.05, 4.69) is 51.7 Å². The van der Waals surface area contributed by atoms with Crippen molar-refractivity contribution in [2.75, 3.05) is 33.2 Å². The van der Waals surface area contributed by atoms with Crippen LogP contribution in [0, 0.1) is 12.8 Å². The van der Waals surface area contributed by atoms with E-state index in [1.807, 2.05) is 0 Å². The van der Waals surface area contributed by atoms with Gasteiger partial charge in [-0.3, -0.25) is 9.79 Å². The fraction of sp³-hybridized carbons (Fsp3) is 0.579. The van der Waals surface area contributed by atoms with Gasteiger partial charge in [-0.2, -0.15) is 0 Å². The topological polar surface area (TPSA) is 82.8 Å². The first-order valence-electron chi connectivity index (χ1n) is 9.11. The Kier molecular flexibility index (Phi) is 10.6. The molecule has 1 atom stereocenters. The Morgan fingerprint density at radius 1 is 1.35 bits per heavy atom. The Bertz CT molecular complexity index is 593. The summed E-state index contributed by atoms with van der Waals surface area (Å²) >= 11 is 0. The third-order valence-corrected chi connectivity index (χ3v) is 4.78. The molecule has 1 amide bonds. The van der Waals surface area contributed by atoms with Gasteiger partial charge in [-0.15, -0.1) is 24.0 Å². The van der Waals surface area contributed by atoms with Crippen LogP contribution in [0.15, 0.2) is 29.3 Å². The number of carbonyl (C=O) groups excluding carboxylic acids is 1. The molecule has 1 aromatic carbocycles. The normalized spacial score (nSPS) is 18.1. The highest BCUT2D eigenvalue weighted by molar-refractivity contribution is 14.0. The maximum Gasteiger partial charge on any atom is 0.221 e. The van der Waals surface area contributed by atoms with Crippen molar-refractivity contribution in [3.05, 3.63) is 35.4 Å². The summed E-state index contributed by atoms with van der Waals surface area (Å²) in [6.07, 6.45) is 3.00. The van der Waals surface area contributed by atoms with E-state index in [0.717, 1.165) is 57.9 Å². The summed E-state index contributed by atoms with van der Waals surface area (Å²) < 4.78 is 0. The average molecular weight is 473 g/mol. The largest absolute Gasteiger partial charge is 0.369 e. The van der Waals surface area contributed by atoms with Crippen LogP contribution in [0.5, 0.6) is 0 Å². The van der Waals surface area contributed by atoms with Crippen LogP contribution >= 0.6 is 24.0 Å². The highest BCUT2D eigenvalue weighted by Gasteiger charge is 2.23. The SMILES string of the molecule is CN=C(NCCCN1CCCC(C(N)=O)C1)NCc1ccccc1C.I. The summed E-state index contributed by atoms with van der Waals surface area (Å²) in [5, 5.41) is 6.70. The zero-order valence-electron chi connectivity index (χ0n) is 15.8. The summed E-state index contributed by atoms with van der Waals surface area (Å²) in [5.41, 5.74) is 7.98. The van der Waals surface area contributed by atoms with E-state index in [4.69, 9.17) is 5.73 Å². The lowest BCUT2D eigenvalue weighted by Crippen LogP contribution is -2.42. The fourth-order valence-corrected chi connectivity index (χ4v) is 3.21. The van der Waals surface area contributed by atoms with Gasteiger partial charge >= 0.3 is 0 Å². The smallest absolute Gasteiger partial charge is 0.221 e. The second-order valence-corrected chi connectivity index (χ2v) is 6.67. The first-order valence-corrected chi connectivity index (χ1v) is 9.11. The van der Waals surface area contributed by atoms with E-state index in [1.54, 1.807) is 7.05 Å². The number of aryl methyl sites for hydroxylation is 1. The van der Waals surface area contributed by atoms with Gasteiger partial charge in [0.05, 0.1) is 5.92 Å². The molecular formula is C19H32IN5O. The average Bonchev–Trinajstić information content (AvgIpc) is 2.62. The standard InChI is InChI=1S/C19H31N5O.HI/c1-15-7-3-4-8-16(15)13-23-19(21-2)22-10-6-12-24-11-5-9-17(14-24)18(20)25;/h3-4,7-8,17H,5-6,9-14H2,1-2H3,(H2,20,25)(H2,21,22,23);1H. The van der Waals surface area contributed by atoms with Crippen molar-refractivity contribution in [3.8, 4) is 0 Å². The number of nitrogens with one attached hydrogen (secondary N) is 2. The minimum atomic E-state index is -0.163. The van der Waals surface area contributed by atoms with Gasteiger partial charge in [0.2, 0.25) is 5.91 Å². The maximum absolute atomic E-state index is 11.3. The van der Waals surface area contributed by atoms with Crippen molar-refractivity contribution in [3.63, 3.8) is 0 Å². The van der Waals surface area contributed by atoms with Crippen LogP contribution < -0.4 is 16.4 Å². The highest BCUT2D eigenvalue weighted by Crippen LogP contribution is 2.15. The molecule has 0 saturated carbocycles. The highest BCUT2D eigenvalue weighted by atomic mass is 127. The van der Waals surface area contributed by atoms with E-state index in [1.165, 1.54) is 11.1 Å². The number of carbonyl (C=O) groups is 1. The molecule has 1 aromatic rings. The van der Waals surface area contributed by atoms with Gasteiger partial charge in [-0.25, -0.2) is 0 Å². The molecule has 26 heavy (non-hydrogen) atoms. The molecule has 1 saturated heterocycles. The molecule has 1 aliphatic heterocycles. The van der Waals surface area contributed by atoms with Crippen LogP contribution in [0.4, 0.5) is 0 Å². The second kappa shape index (κ2) is 12.1. The number of amides is 1. The van der Waals surface area contributed by atoms with Gasteiger partial charge in [-0.05, 0) is 50.4 Å². The van der Waals surface area contributed by atoms with Gasteiger partial charge in [-0.1, -0.05) is 24.3 Å². The van der Waals surface area contributed by atoms with E-state index in [0.29, 0.717) is 0 Å². The molecule has 0 spiro atoms. The molecule has 1 fully saturated rings. The van der Waals surface area contributed by atoms with Crippen LogP contribution in [-0.2, 0) is 11.3 Å². The summed E-state index contributed by atoms with van der Waals surface area (Å²) in [6, 6.07) is 8.35. The number of nitrogens with two attached hydrogens (primary N) is 1. The summed E-state index contributed by atoms with van der Waals surface area (Å²) in [4.78, 5) is 17.9. The number of rotatable bonds is 7. The summed E-state index contributed by atoms with van der Waals surface area (Å²) in [7, 11) is 1.79. The number of likely N-dealkylation sites (tertiary alicyclic amines) is 1. The number of aliphatic imine (C=N–C) groups is 1. The van der Waals surface area contributed by atoms with E-state index in [-0.39, 0.29) is 35.8 Å². The predicted octanol–water partition coefficient (Wildman–Crippen LogP) is 1.87. The van der Waals surface area contributed by atoms with Gasteiger partial charge < -0.3 is 21.3 Å². The van der Waals surface area contributed by atoms with Crippen LogP contribution in [0.2, 0.25) is 0 Å². The third-order valence-electron chi connectivity index (χ3n) is 4.78. The Morgan fingerprint density at radius 3 is 2.81 bits per heavy atom. The van der Waals surface area contributed by atoms with E-state index >= 15 is 0 Å². The predicted molar refractivity (Wildman–Crippen MR) is 118 cm³/mol. The van der Waals surface area contributed by atoms with Crippen LogP contribution in [0.25, 0.3) is 0 Å². The third kappa shape index (κ3) is 7.49. The molecule has 1 unspecified atom stereocenters. The van der Waals surface area contributed by atoms with Crippen molar-refractivity contribution in [2.45, 2.75) is 32.7 Å². The molecule has 0 aromatic heterocycles. The molecule has 1 aliphatic rings. The molecule has 4 N–H and O–H groups in total. The van der Waals surface area contributed by atoms with Crippen LogP contribution in [0.1, 0.15) is 30.4 Å². The number of halogens is 1. The van der Waals surface area contributed by atoms with E-state index in [9.17, 15) is 4.79 Å². The van der Waals surface area contributed by atoms with Gasteiger partial charge in [0.1, 0.15) is 0 Å². The first kappa shape index (κ1) is 22.7. The minimum absolute atomic E-state index is 0.